The van der Waals surface area contributed by atoms with Crippen molar-refractivity contribution in [2.75, 3.05) is 11.4 Å². The molecule has 0 saturated heterocycles. The number of para-hydroxylation sites is 1. The Morgan fingerprint density at radius 2 is 2.00 bits per heavy atom. The van der Waals surface area contributed by atoms with Gasteiger partial charge in [-0.25, -0.2) is 9.78 Å². The number of anilines is 2. The van der Waals surface area contributed by atoms with E-state index < -0.39 is 5.97 Å². The topological polar surface area (TPSA) is 53.4 Å². The van der Waals surface area contributed by atoms with E-state index in [4.69, 9.17) is 5.11 Å². The van der Waals surface area contributed by atoms with Gasteiger partial charge in [0.1, 0.15) is 5.82 Å². The molecule has 0 unspecified atom stereocenters. The fourth-order valence-corrected chi connectivity index (χ4v) is 1.99. The highest BCUT2D eigenvalue weighted by Crippen LogP contribution is 2.26. The summed E-state index contributed by atoms with van der Waals surface area (Å²) in [6, 6.07) is 13.5. The predicted octanol–water partition coefficient (Wildman–Crippen LogP) is 3.34. The number of hydrogen-bond acceptors (Lipinski definition) is 3. The maximum atomic E-state index is 10.7. The second kappa shape index (κ2) is 6.52. The van der Waals surface area contributed by atoms with E-state index in [2.05, 4.69) is 4.98 Å². The molecule has 0 aliphatic carbocycles. The average molecular weight is 268 g/mol. The van der Waals surface area contributed by atoms with Gasteiger partial charge in [0.2, 0.25) is 0 Å². The molecule has 102 valence electrons. The van der Waals surface area contributed by atoms with Crippen LogP contribution in [0, 0.1) is 0 Å². The summed E-state index contributed by atoms with van der Waals surface area (Å²) in [5.41, 5.74) is 1.80. The Morgan fingerprint density at radius 3 is 2.65 bits per heavy atom. The second-order valence-electron chi connectivity index (χ2n) is 4.17. The van der Waals surface area contributed by atoms with E-state index in [0.29, 0.717) is 0 Å². The second-order valence-corrected chi connectivity index (χ2v) is 4.17. The highest BCUT2D eigenvalue weighted by atomic mass is 16.4. The number of aromatic nitrogens is 1. The van der Waals surface area contributed by atoms with Crippen molar-refractivity contribution in [3.05, 3.63) is 60.3 Å². The SMILES string of the molecule is CCN(c1ccccc1)c1ncccc1/C=C/C(=O)O. The summed E-state index contributed by atoms with van der Waals surface area (Å²) in [5, 5.41) is 8.76. The lowest BCUT2D eigenvalue weighted by molar-refractivity contribution is -0.131. The fourth-order valence-electron chi connectivity index (χ4n) is 1.99. The normalized spacial score (nSPS) is 10.7. The third kappa shape index (κ3) is 3.23. The number of carboxylic acid groups (broad SMARTS) is 1. The van der Waals surface area contributed by atoms with Gasteiger partial charge in [-0.05, 0) is 37.3 Å². The van der Waals surface area contributed by atoms with Crippen molar-refractivity contribution in [2.45, 2.75) is 6.92 Å². The molecule has 4 heteroatoms. The first-order valence-electron chi connectivity index (χ1n) is 6.41. The molecule has 0 radical (unpaired) electrons. The quantitative estimate of drug-likeness (QED) is 0.845. The summed E-state index contributed by atoms with van der Waals surface area (Å²) in [5.74, 6) is -0.221. The van der Waals surface area contributed by atoms with Gasteiger partial charge in [-0.15, -0.1) is 0 Å². The molecule has 0 fully saturated rings. The van der Waals surface area contributed by atoms with Gasteiger partial charge in [0.15, 0.2) is 0 Å². The summed E-state index contributed by atoms with van der Waals surface area (Å²) in [6.07, 6.45) is 4.40. The van der Waals surface area contributed by atoms with Crippen molar-refractivity contribution in [1.29, 1.82) is 0 Å². The first-order valence-corrected chi connectivity index (χ1v) is 6.41. The molecule has 0 saturated carbocycles. The van der Waals surface area contributed by atoms with Crippen molar-refractivity contribution in [1.82, 2.24) is 4.98 Å². The number of carbonyl (C=O) groups is 1. The third-order valence-corrected chi connectivity index (χ3v) is 2.86. The van der Waals surface area contributed by atoms with E-state index in [1.807, 2.05) is 48.2 Å². The number of carboxylic acids is 1. The van der Waals surface area contributed by atoms with Crippen molar-refractivity contribution in [2.24, 2.45) is 0 Å². The molecular weight excluding hydrogens is 252 g/mol. The predicted molar refractivity (Wildman–Crippen MR) is 80.0 cm³/mol. The Bertz CT molecular complexity index is 609. The molecule has 0 aliphatic heterocycles. The van der Waals surface area contributed by atoms with Gasteiger partial charge in [-0.3, -0.25) is 0 Å². The van der Waals surface area contributed by atoms with E-state index in [9.17, 15) is 4.79 Å². The monoisotopic (exact) mass is 268 g/mol. The maximum Gasteiger partial charge on any atom is 0.328 e. The third-order valence-electron chi connectivity index (χ3n) is 2.86. The number of aliphatic carboxylic acids is 1. The van der Waals surface area contributed by atoms with Crippen LogP contribution in [0.2, 0.25) is 0 Å². The van der Waals surface area contributed by atoms with E-state index in [1.165, 1.54) is 0 Å². The number of rotatable bonds is 5. The number of nitrogens with zero attached hydrogens (tertiary/aromatic N) is 2. The molecular formula is C16H16N2O2. The van der Waals surface area contributed by atoms with E-state index >= 15 is 0 Å². The molecule has 2 rings (SSSR count). The van der Waals surface area contributed by atoms with Crippen molar-refractivity contribution in [3.8, 4) is 0 Å². The van der Waals surface area contributed by atoms with Crippen LogP contribution >= 0.6 is 0 Å². The summed E-state index contributed by atoms with van der Waals surface area (Å²) < 4.78 is 0. The van der Waals surface area contributed by atoms with Crippen LogP contribution in [0.3, 0.4) is 0 Å². The minimum Gasteiger partial charge on any atom is -0.478 e. The molecule has 0 aliphatic rings. The molecule has 0 spiro atoms. The maximum absolute atomic E-state index is 10.7. The van der Waals surface area contributed by atoms with Crippen LogP contribution in [0.25, 0.3) is 6.08 Å². The summed E-state index contributed by atoms with van der Waals surface area (Å²) in [7, 11) is 0. The van der Waals surface area contributed by atoms with Crippen LogP contribution in [-0.4, -0.2) is 22.6 Å². The lowest BCUT2D eigenvalue weighted by Crippen LogP contribution is -2.18. The molecule has 1 N–H and O–H groups in total. The van der Waals surface area contributed by atoms with Crippen LogP contribution in [0.5, 0.6) is 0 Å². The van der Waals surface area contributed by atoms with Gasteiger partial charge in [-0.1, -0.05) is 18.2 Å². The van der Waals surface area contributed by atoms with Gasteiger partial charge >= 0.3 is 5.97 Å². The standard InChI is InChI=1S/C16H16N2O2/c1-2-18(14-8-4-3-5-9-14)16-13(7-6-12-17-16)10-11-15(19)20/h3-12H,2H2,1H3,(H,19,20)/b11-10+. The molecule has 20 heavy (non-hydrogen) atoms. The Morgan fingerprint density at radius 1 is 1.25 bits per heavy atom. The summed E-state index contributed by atoms with van der Waals surface area (Å²) in [4.78, 5) is 17.1. The van der Waals surface area contributed by atoms with Crippen LogP contribution in [0.15, 0.2) is 54.7 Å². The van der Waals surface area contributed by atoms with Crippen LogP contribution in [0.4, 0.5) is 11.5 Å². The van der Waals surface area contributed by atoms with Gasteiger partial charge in [-0.2, -0.15) is 0 Å². The number of pyridine rings is 1. The lowest BCUT2D eigenvalue weighted by atomic mass is 10.2. The Balaban J connectivity index is 2.42. The summed E-state index contributed by atoms with van der Waals surface area (Å²) in [6.45, 7) is 2.78. The largest absolute Gasteiger partial charge is 0.478 e. The molecule has 0 amide bonds. The zero-order valence-corrected chi connectivity index (χ0v) is 11.2. The molecule has 1 heterocycles. The van der Waals surface area contributed by atoms with Crippen molar-refractivity contribution >= 4 is 23.6 Å². The average Bonchev–Trinajstić information content (AvgIpc) is 2.48. The lowest BCUT2D eigenvalue weighted by Gasteiger charge is -2.23. The van der Waals surface area contributed by atoms with E-state index in [0.717, 1.165) is 29.7 Å². The van der Waals surface area contributed by atoms with Gasteiger partial charge in [0.05, 0.1) is 0 Å². The molecule has 4 nitrogen and oxygen atoms in total. The zero-order chi connectivity index (χ0) is 14.4. The van der Waals surface area contributed by atoms with Gasteiger partial charge < -0.3 is 10.0 Å². The van der Waals surface area contributed by atoms with Crippen molar-refractivity contribution < 1.29 is 9.90 Å². The fraction of sp³-hybridized carbons (Fsp3) is 0.125. The number of benzene rings is 1. The van der Waals surface area contributed by atoms with E-state index in [-0.39, 0.29) is 0 Å². The highest BCUT2D eigenvalue weighted by Gasteiger charge is 2.11. The van der Waals surface area contributed by atoms with Gasteiger partial charge in [0, 0.05) is 30.1 Å². The summed E-state index contributed by atoms with van der Waals surface area (Å²) >= 11 is 0. The molecule has 0 atom stereocenters. The molecule has 2 aromatic rings. The molecule has 1 aromatic carbocycles. The molecule has 0 bridgehead atoms. The van der Waals surface area contributed by atoms with E-state index in [1.54, 1.807) is 18.3 Å². The first-order chi connectivity index (χ1) is 9.72. The van der Waals surface area contributed by atoms with Gasteiger partial charge in [0.25, 0.3) is 0 Å². The number of hydrogen-bond donors (Lipinski definition) is 1. The Labute approximate surface area is 118 Å². The smallest absolute Gasteiger partial charge is 0.328 e. The molecule has 1 aromatic heterocycles. The highest BCUT2D eigenvalue weighted by molar-refractivity contribution is 5.87. The minimum absolute atomic E-state index is 0.745. The Hall–Kier alpha value is -2.62. The van der Waals surface area contributed by atoms with Crippen LogP contribution in [0.1, 0.15) is 12.5 Å². The van der Waals surface area contributed by atoms with Crippen LogP contribution in [-0.2, 0) is 4.79 Å². The minimum atomic E-state index is -0.970. The zero-order valence-electron chi connectivity index (χ0n) is 11.2. The Kier molecular flexibility index (Phi) is 4.50. The van der Waals surface area contributed by atoms with Crippen LogP contribution < -0.4 is 4.90 Å². The first kappa shape index (κ1) is 13.8. The van der Waals surface area contributed by atoms with Crippen molar-refractivity contribution in [3.63, 3.8) is 0 Å².